The van der Waals surface area contributed by atoms with E-state index in [9.17, 15) is 8.42 Å². The van der Waals surface area contributed by atoms with Crippen LogP contribution in [0.5, 0.6) is 0 Å². The second kappa shape index (κ2) is 6.46. The highest BCUT2D eigenvalue weighted by atomic mass is 32.2. The van der Waals surface area contributed by atoms with Crippen LogP contribution in [0.1, 0.15) is 43.0 Å². The van der Waals surface area contributed by atoms with E-state index < -0.39 is 15.6 Å². The molecule has 0 atom stereocenters. The van der Waals surface area contributed by atoms with Crippen LogP contribution >= 0.6 is 0 Å². The van der Waals surface area contributed by atoms with Crippen LogP contribution in [0.15, 0.2) is 33.7 Å². The van der Waals surface area contributed by atoms with Crippen LogP contribution in [0, 0.1) is 0 Å². The molecule has 2 aromatic rings. The maximum absolute atomic E-state index is 11.7. The van der Waals surface area contributed by atoms with E-state index in [4.69, 9.17) is 10.3 Å². The number of hydrogen-bond acceptors (Lipinski definition) is 6. The fourth-order valence-electron chi connectivity index (χ4n) is 2.78. The number of benzene rings is 1. The topological polar surface area (TPSA) is 111 Å². The maximum atomic E-state index is 11.7. The van der Waals surface area contributed by atoms with Gasteiger partial charge in [-0.2, -0.15) is 4.98 Å². The van der Waals surface area contributed by atoms with E-state index >= 15 is 0 Å². The average molecular weight is 348 g/mol. The van der Waals surface area contributed by atoms with Crippen LogP contribution in [-0.2, 0) is 15.6 Å². The van der Waals surface area contributed by atoms with Gasteiger partial charge in [0.05, 0.1) is 10.4 Å². The Kier molecular flexibility index (Phi) is 4.53. The molecule has 1 aromatic heterocycles. The van der Waals surface area contributed by atoms with Gasteiger partial charge in [-0.1, -0.05) is 30.1 Å². The van der Waals surface area contributed by atoms with Gasteiger partial charge in [-0.15, -0.1) is 0 Å². The summed E-state index contributed by atoms with van der Waals surface area (Å²) in [4.78, 5) is 4.57. The van der Waals surface area contributed by atoms with Crippen molar-refractivity contribution in [3.63, 3.8) is 0 Å². The van der Waals surface area contributed by atoms with Crippen LogP contribution in [0.3, 0.4) is 0 Å². The van der Waals surface area contributed by atoms with Crippen molar-refractivity contribution in [2.45, 2.75) is 36.1 Å². The highest BCUT2D eigenvalue weighted by Gasteiger charge is 2.35. The van der Waals surface area contributed by atoms with Gasteiger partial charge < -0.3 is 10.3 Å². The Morgan fingerprint density at radius 1 is 1.21 bits per heavy atom. The third-order valence-corrected chi connectivity index (χ3v) is 5.69. The Hall–Kier alpha value is -2.03. The number of nitrogens with two attached hydrogens (primary N) is 1. The highest BCUT2D eigenvalue weighted by Crippen LogP contribution is 2.34. The van der Waals surface area contributed by atoms with Crippen molar-refractivity contribution in [3.05, 3.63) is 41.5 Å². The molecule has 8 heteroatoms. The largest absolute Gasteiger partial charge is 0.335 e. The van der Waals surface area contributed by atoms with Crippen molar-refractivity contribution < 1.29 is 12.9 Å². The molecule has 0 aliphatic heterocycles. The fourth-order valence-corrected chi connectivity index (χ4v) is 3.51. The fraction of sp³-hybridized carbons (Fsp3) is 0.375. The van der Waals surface area contributed by atoms with Gasteiger partial charge in [0.1, 0.15) is 0 Å². The lowest BCUT2D eigenvalue weighted by Crippen LogP contribution is -2.34. The molecule has 1 saturated carbocycles. The quantitative estimate of drug-likeness (QED) is 0.853. The van der Waals surface area contributed by atoms with Gasteiger partial charge in [0.25, 0.3) is 5.89 Å². The Labute approximate surface area is 141 Å². The predicted octanol–water partition coefficient (Wildman–Crippen LogP) is 1.88. The molecule has 0 saturated heterocycles. The first-order valence-electron chi connectivity index (χ1n) is 7.78. The first-order chi connectivity index (χ1) is 11.4. The van der Waals surface area contributed by atoms with Crippen LogP contribution in [0.2, 0.25) is 0 Å². The maximum Gasteiger partial charge on any atom is 0.250 e. The normalized spacial score (nSPS) is 17.6. The highest BCUT2D eigenvalue weighted by molar-refractivity contribution is 7.89. The van der Waals surface area contributed by atoms with Crippen molar-refractivity contribution in [2.24, 2.45) is 5.73 Å². The minimum Gasteiger partial charge on any atom is -0.335 e. The molecule has 1 heterocycles. The number of sulfonamides is 1. The molecule has 7 nitrogen and oxygen atoms in total. The van der Waals surface area contributed by atoms with Crippen molar-refractivity contribution in [1.82, 2.24) is 14.9 Å². The summed E-state index contributed by atoms with van der Waals surface area (Å²) in [5, 5.41) is 3.99. The summed E-state index contributed by atoms with van der Waals surface area (Å²) in [7, 11) is -2.04. The van der Waals surface area contributed by atoms with Crippen LogP contribution in [-0.4, -0.2) is 25.6 Å². The van der Waals surface area contributed by atoms with Crippen molar-refractivity contribution >= 4 is 22.2 Å². The lowest BCUT2D eigenvalue weighted by molar-refractivity contribution is 0.364. The van der Waals surface area contributed by atoms with Crippen LogP contribution in [0.25, 0.3) is 12.2 Å². The Morgan fingerprint density at radius 3 is 2.50 bits per heavy atom. The SMILES string of the molecule is CNS(=O)(=O)c1ccc(/C=C/c2nc(C3(N)CCCC3)no2)cc1. The van der Waals surface area contributed by atoms with E-state index in [0.29, 0.717) is 11.7 Å². The first kappa shape index (κ1) is 16.8. The number of hydrogen-bond donors (Lipinski definition) is 2. The standard InChI is InChI=1S/C16H20N4O3S/c1-18-24(21,22)13-7-4-12(5-8-13)6-9-14-19-15(20-23-14)16(17)10-2-3-11-16/h4-9,18H,2-3,10-11,17H2,1H3/b9-6+. The van der Waals surface area contributed by atoms with Crippen molar-refractivity contribution in [2.75, 3.05) is 7.05 Å². The minimum atomic E-state index is -3.42. The Bertz CT molecular complexity index is 834. The van der Waals surface area contributed by atoms with Gasteiger partial charge in [-0.05, 0) is 43.7 Å². The number of nitrogens with zero attached hydrogens (tertiary/aromatic N) is 2. The molecule has 1 aliphatic rings. The molecule has 24 heavy (non-hydrogen) atoms. The lowest BCUT2D eigenvalue weighted by Gasteiger charge is -2.17. The third kappa shape index (κ3) is 3.40. The van der Waals surface area contributed by atoms with E-state index in [1.165, 1.54) is 19.2 Å². The number of rotatable bonds is 5. The minimum absolute atomic E-state index is 0.216. The molecule has 0 bridgehead atoms. The Morgan fingerprint density at radius 2 is 1.88 bits per heavy atom. The molecule has 0 amide bonds. The number of aromatic nitrogens is 2. The smallest absolute Gasteiger partial charge is 0.250 e. The molecular formula is C16H20N4O3S. The summed E-state index contributed by atoms with van der Waals surface area (Å²) < 4.78 is 30.9. The van der Waals surface area contributed by atoms with Crippen molar-refractivity contribution in [3.8, 4) is 0 Å². The Balaban J connectivity index is 1.73. The molecule has 0 spiro atoms. The molecule has 3 rings (SSSR count). The summed E-state index contributed by atoms with van der Waals surface area (Å²) >= 11 is 0. The van der Waals surface area contributed by atoms with E-state index in [0.717, 1.165) is 31.2 Å². The molecule has 1 fully saturated rings. The summed E-state index contributed by atoms with van der Waals surface area (Å²) in [5.74, 6) is 0.934. The van der Waals surface area contributed by atoms with Gasteiger partial charge in [0.15, 0.2) is 5.82 Å². The molecule has 0 radical (unpaired) electrons. The second-order valence-electron chi connectivity index (χ2n) is 5.93. The van der Waals surface area contributed by atoms with E-state index in [1.54, 1.807) is 24.3 Å². The zero-order valence-electron chi connectivity index (χ0n) is 13.4. The van der Waals surface area contributed by atoms with E-state index in [2.05, 4.69) is 14.9 Å². The predicted molar refractivity (Wildman–Crippen MR) is 90.2 cm³/mol. The summed E-state index contributed by atoms with van der Waals surface area (Å²) in [6.45, 7) is 0. The van der Waals surface area contributed by atoms with Gasteiger partial charge in [-0.25, -0.2) is 13.1 Å². The summed E-state index contributed by atoms with van der Waals surface area (Å²) in [5.41, 5.74) is 6.65. The summed E-state index contributed by atoms with van der Waals surface area (Å²) in [6, 6.07) is 6.50. The molecule has 1 aliphatic carbocycles. The number of nitrogens with one attached hydrogen (secondary N) is 1. The summed E-state index contributed by atoms with van der Waals surface area (Å²) in [6.07, 6.45) is 7.38. The average Bonchev–Trinajstić information content (AvgIpc) is 3.23. The molecule has 1 aromatic carbocycles. The van der Waals surface area contributed by atoms with Gasteiger partial charge >= 0.3 is 0 Å². The van der Waals surface area contributed by atoms with Crippen LogP contribution in [0.4, 0.5) is 0 Å². The zero-order chi connectivity index (χ0) is 17.2. The van der Waals surface area contributed by atoms with Crippen LogP contribution < -0.4 is 10.5 Å². The van der Waals surface area contributed by atoms with Crippen molar-refractivity contribution in [1.29, 1.82) is 0 Å². The van der Waals surface area contributed by atoms with E-state index in [-0.39, 0.29) is 4.90 Å². The lowest BCUT2D eigenvalue weighted by atomic mass is 9.99. The third-order valence-electron chi connectivity index (χ3n) is 4.26. The van der Waals surface area contributed by atoms with Gasteiger partial charge in [0, 0.05) is 6.08 Å². The van der Waals surface area contributed by atoms with E-state index in [1.807, 2.05) is 0 Å². The molecule has 0 unspecified atom stereocenters. The second-order valence-corrected chi connectivity index (χ2v) is 7.82. The van der Waals surface area contributed by atoms with Gasteiger partial charge in [-0.3, -0.25) is 0 Å². The molecule has 3 N–H and O–H groups in total. The first-order valence-corrected chi connectivity index (χ1v) is 9.26. The zero-order valence-corrected chi connectivity index (χ0v) is 14.2. The molecule has 128 valence electrons. The van der Waals surface area contributed by atoms with Gasteiger partial charge in [0.2, 0.25) is 10.0 Å². The monoisotopic (exact) mass is 348 g/mol. The molecular weight excluding hydrogens is 328 g/mol.